The van der Waals surface area contributed by atoms with E-state index in [1.165, 1.54) is 38.5 Å². The van der Waals surface area contributed by atoms with E-state index in [1.807, 2.05) is 25.7 Å². The zero-order valence-corrected chi connectivity index (χ0v) is 16.0. The van der Waals surface area contributed by atoms with Crippen molar-refractivity contribution >= 4 is 6.09 Å². The number of nitrogens with zero attached hydrogens (tertiary/aromatic N) is 1. The lowest BCUT2D eigenvalue weighted by atomic mass is 10.1. The lowest BCUT2D eigenvalue weighted by Gasteiger charge is -2.24. The minimum atomic E-state index is -0.403. The van der Waals surface area contributed by atoms with Gasteiger partial charge in [0.15, 0.2) is 0 Å². The second-order valence-electron chi connectivity index (χ2n) is 8.09. The summed E-state index contributed by atoms with van der Waals surface area (Å²) in [6.45, 7) is 13.0. The van der Waals surface area contributed by atoms with Crippen LogP contribution >= 0.6 is 0 Å². The minimum Gasteiger partial charge on any atom is -0.444 e. The monoisotopic (exact) mass is 326 g/mol. The third-order valence-corrected chi connectivity index (χ3v) is 4.43. The van der Waals surface area contributed by atoms with Gasteiger partial charge in [0.1, 0.15) is 5.60 Å². The first-order chi connectivity index (χ1) is 10.8. The Bertz CT molecular complexity index is 339. The van der Waals surface area contributed by atoms with Gasteiger partial charge in [-0.1, -0.05) is 39.0 Å². The predicted molar refractivity (Wildman–Crippen MR) is 96.8 cm³/mol. The van der Waals surface area contributed by atoms with Crippen molar-refractivity contribution in [2.75, 3.05) is 19.6 Å². The molecule has 1 aliphatic rings. The number of unbranched alkanes of at least 4 members (excludes halogenated alkanes) is 4. The maximum absolute atomic E-state index is 12.1. The Morgan fingerprint density at radius 1 is 1.26 bits per heavy atom. The predicted octanol–water partition coefficient (Wildman–Crippen LogP) is 4.58. The average molecular weight is 327 g/mol. The van der Waals surface area contributed by atoms with Gasteiger partial charge in [-0.2, -0.15) is 0 Å². The molecule has 1 fully saturated rings. The van der Waals surface area contributed by atoms with Crippen molar-refractivity contribution in [2.24, 2.45) is 5.92 Å². The van der Waals surface area contributed by atoms with E-state index in [1.54, 1.807) is 0 Å². The molecule has 0 aromatic rings. The van der Waals surface area contributed by atoms with Gasteiger partial charge in [-0.3, -0.25) is 0 Å². The third-order valence-electron chi connectivity index (χ3n) is 4.43. The first-order valence-corrected chi connectivity index (χ1v) is 9.53. The molecule has 0 radical (unpaired) electrons. The molecule has 1 N–H and O–H groups in total. The van der Waals surface area contributed by atoms with Crippen LogP contribution in [0.15, 0.2) is 0 Å². The molecule has 23 heavy (non-hydrogen) atoms. The largest absolute Gasteiger partial charge is 0.444 e. The molecular weight excluding hydrogens is 288 g/mol. The van der Waals surface area contributed by atoms with Crippen LogP contribution in [0.5, 0.6) is 0 Å². The maximum atomic E-state index is 12.1. The smallest absolute Gasteiger partial charge is 0.410 e. The Morgan fingerprint density at radius 2 is 1.96 bits per heavy atom. The summed E-state index contributed by atoms with van der Waals surface area (Å²) in [7, 11) is 0. The van der Waals surface area contributed by atoms with E-state index in [4.69, 9.17) is 4.74 Å². The van der Waals surface area contributed by atoms with Gasteiger partial charge in [0.2, 0.25) is 0 Å². The van der Waals surface area contributed by atoms with Crippen molar-refractivity contribution in [1.82, 2.24) is 10.2 Å². The van der Waals surface area contributed by atoms with Gasteiger partial charge in [-0.15, -0.1) is 0 Å². The minimum absolute atomic E-state index is 0.163. The molecule has 1 amide bonds. The summed E-state index contributed by atoms with van der Waals surface area (Å²) in [6.07, 6.45) is 8.90. The number of hydrogen-bond acceptors (Lipinski definition) is 3. The summed E-state index contributed by atoms with van der Waals surface area (Å²) in [5.41, 5.74) is -0.403. The first kappa shape index (κ1) is 20.3. The molecule has 4 nitrogen and oxygen atoms in total. The molecule has 2 atom stereocenters. The highest BCUT2D eigenvalue weighted by molar-refractivity contribution is 5.68. The third kappa shape index (κ3) is 9.19. The summed E-state index contributed by atoms with van der Waals surface area (Å²) < 4.78 is 5.45. The fourth-order valence-corrected chi connectivity index (χ4v) is 3.02. The van der Waals surface area contributed by atoms with Gasteiger partial charge in [-0.05, 0) is 53.0 Å². The van der Waals surface area contributed by atoms with E-state index in [9.17, 15) is 4.79 Å². The number of amides is 1. The van der Waals surface area contributed by atoms with Gasteiger partial charge in [0.25, 0.3) is 0 Å². The Kier molecular flexibility index (Phi) is 8.96. The van der Waals surface area contributed by atoms with Crippen LogP contribution in [0.1, 0.15) is 79.6 Å². The topological polar surface area (TPSA) is 41.6 Å². The van der Waals surface area contributed by atoms with Crippen LogP contribution in [0, 0.1) is 5.92 Å². The Balaban J connectivity index is 2.13. The summed E-state index contributed by atoms with van der Waals surface area (Å²) in [6, 6.07) is 0.576. The fourth-order valence-electron chi connectivity index (χ4n) is 3.02. The quantitative estimate of drug-likeness (QED) is 0.630. The van der Waals surface area contributed by atoms with Crippen LogP contribution in [0.25, 0.3) is 0 Å². The van der Waals surface area contributed by atoms with Crippen LogP contribution in [-0.2, 0) is 4.74 Å². The molecule has 0 spiro atoms. The van der Waals surface area contributed by atoms with Crippen LogP contribution in [0.4, 0.5) is 4.79 Å². The molecule has 0 aromatic carbocycles. The van der Waals surface area contributed by atoms with Crippen LogP contribution < -0.4 is 5.32 Å². The van der Waals surface area contributed by atoms with Gasteiger partial charge in [0.05, 0.1) is 0 Å². The maximum Gasteiger partial charge on any atom is 0.410 e. The van der Waals surface area contributed by atoms with Gasteiger partial charge >= 0.3 is 6.09 Å². The van der Waals surface area contributed by atoms with Crippen LogP contribution in [0.3, 0.4) is 0 Å². The zero-order chi connectivity index (χ0) is 17.3. The molecule has 0 aliphatic carbocycles. The highest BCUT2D eigenvalue weighted by Gasteiger charge is 2.29. The van der Waals surface area contributed by atoms with Crippen LogP contribution in [-0.4, -0.2) is 42.3 Å². The molecule has 1 saturated heterocycles. The summed E-state index contributed by atoms with van der Waals surface area (Å²) in [4.78, 5) is 13.9. The van der Waals surface area contributed by atoms with Crippen LogP contribution in [0.2, 0.25) is 0 Å². The van der Waals surface area contributed by atoms with E-state index >= 15 is 0 Å². The summed E-state index contributed by atoms with van der Waals surface area (Å²) in [5, 5.41) is 3.64. The van der Waals surface area contributed by atoms with Crippen molar-refractivity contribution in [3.63, 3.8) is 0 Å². The van der Waals surface area contributed by atoms with Gasteiger partial charge < -0.3 is 15.0 Å². The fraction of sp³-hybridized carbons (Fsp3) is 0.947. The Morgan fingerprint density at radius 3 is 2.61 bits per heavy atom. The van der Waals surface area contributed by atoms with E-state index in [0.29, 0.717) is 12.0 Å². The molecule has 0 bridgehead atoms. The second-order valence-corrected chi connectivity index (χ2v) is 8.09. The van der Waals surface area contributed by atoms with Crippen molar-refractivity contribution in [2.45, 2.75) is 91.2 Å². The molecule has 1 heterocycles. The zero-order valence-electron chi connectivity index (χ0n) is 16.0. The van der Waals surface area contributed by atoms with E-state index in [2.05, 4.69) is 19.2 Å². The molecular formula is C19H38N2O2. The molecule has 136 valence electrons. The standard InChI is InChI=1S/C19H38N2O2/c1-6-7-8-9-10-11-16(2)20-14-17-12-13-21(15-17)18(22)23-19(3,4)5/h16-17,20H,6-15H2,1-5H3. The normalized spacial score (nSPS) is 19.9. The number of carbonyl (C=O) groups is 1. The van der Waals surface area contributed by atoms with Crippen molar-refractivity contribution < 1.29 is 9.53 Å². The molecule has 2 unspecified atom stereocenters. The molecule has 4 heteroatoms. The lowest BCUT2D eigenvalue weighted by Crippen LogP contribution is -2.37. The van der Waals surface area contributed by atoms with Gasteiger partial charge in [0, 0.05) is 19.1 Å². The number of nitrogens with one attached hydrogen (secondary N) is 1. The summed E-state index contributed by atoms with van der Waals surface area (Å²) >= 11 is 0. The highest BCUT2D eigenvalue weighted by atomic mass is 16.6. The number of hydrogen-bond donors (Lipinski definition) is 1. The summed E-state index contributed by atoms with van der Waals surface area (Å²) in [5.74, 6) is 0.560. The van der Waals surface area contributed by atoms with E-state index in [0.717, 1.165) is 26.1 Å². The molecule has 0 aromatic heterocycles. The van der Waals surface area contributed by atoms with E-state index in [-0.39, 0.29) is 6.09 Å². The van der Waals surface area contributed by atoms with Crippen molar-refractivity contribution in [3.05, 3.63) is 0 Å². The second kappa shape index (κ2) is 10.2. The molecule has 0 saturated carbocycles. The number of rotatable bonds is 9. The lowest BCUT2D eigenvalue weighted by molar-refractivity contribution is 0.0288. The number of ether oxygens (including phenoxy) is 1. The van der Waals surface area contributed by atoms with Gasteiger partial charge in [-0.25, -0.2) is 4.79 Å². The highest BCUT2D eigenvalue weighted by Crippen LogP contribution is 2.19. The SMILES string of the molecule is CCCCCCCC(C)NCC1CCN(C(=O)OC(C)(C)C)C1. The molecule has 1 rings (SSSR count). The number of likely N-dealkylation sites (tertiary alicyclic amines) is 1. The Hall–Kier alpha value is -0.770. The Labute approximate surface area is 143 Å². The first-order valence-electron chi connectivity index (χ1n) is 9.53. The average Bonchev–Trinajstić information content (AvgIpc) is 2.92. The molecule has 1 aliphatic heterocycles. The number of carbonyl (C=O) groups excluding carboxylic acids is 1. The van der Waals surface area contributed by atoms with E-state index < -0.39 is 5.60 Å². The van der Waals surface area contributed by atoms with Crippen molar-refractivity contribution in [1.29, 1.82) is 0 Å². The van der Waals surface area contributed by atoms with Crippen molar-refractivity contribution in [3.8, 4) is 0 Å².